The van der Waals surface area contributed by atoms with E-state index in [9.17, 15) is 24.8 Å². The van der Waals surface area contributed by atoms with Gasteiger partial charge in [-0.3, -0.25) is 14.9 Å². The van der Waals surface area contributed by atoms with Gasteiger partial charge in [0.2, 0.25) is 0 Å². The van der Waals surface area contributed by atoms with Gasteiger partial charge in [0.15, 0.2) is 28.7 Å². The van der Waals surface area contributed by atoms with Crippen LogP contribution in [0, 0.1) is 10.1 Å². The number of H-pyrrole nitrogens is 1. The normalized spacial score (nSPS) is 11.2. The fourth-order valence-electron chi connectivity index (χ4n) is 3.83. The number of azo groups is 1. The predicted molar refractivity (Wildman–Crippen MR) is 139 cm³/mol. The molecular weight excluding hydrogens is 508 g/mol. The molecule has 194 valence electrons. The zero-order valence-electron chi connectivity index (χ0n) is 20.1. The summed E-state index contributed by atoms with van der Waals surface area (Å²) in [5, 5.41) is 30.0. The number of aromatic hydroxyl groups is 1. The Labute approximate surface area is 218 Å². The highest BCUT2D eigenvalue weighted by molar-refractivity contribution is 6.02. The zero-order chi connectivity index (χ0) is 27.7. The average molecular weight is 526 g/mol. The second-order valence-electron chi connectivity index (χ2n) is 8.08. The number of phenols is 1. The number of nitrogens with zero attached hydrogens (tertiary/aromatic N) is 6. The summed E-state index contributed by atoms with van der Waals surface area (Å²) in [5.74, 6) is -1.41. The Bertz CT molecular complexity index is 1830. The number of fused-ring (bicyclic) bond motifs is 1. The fraction of sp³-hybridized carbons (Fsp3) is 0.0400. The maximum atomic E-state index is 12.8. The van der Waals surface area contributed by atoms with Crippen molar-refractivity contribution in [2.24, 2.45) is 16.0 Å². The van der Waals surface area contributed by atoms with Crippen LogP contribution in [0.2, 0.25) is 0 Å². The molecular formula is C25H18N8O6. The Balaban J connectivity index is 1.67. The summed E-state index contributed by atoms with van der Waals surface area (Å²) in [6.07, 6.45) is 0. The monoisotopic (exact) mass is 526 g/mol. The molecule has 3 aromatic carbocycles. The van der Waals surface area contributed by atoms with E-state index >= 15 is 0 Å². The van der Waals surface area contributed by atoms with Crippen LogP contribution in [0.25, 0.3) is 28.2 Å². The van der Waals surface area contributed by atoms with E-state index in [4.69, 9.17) is 10.5 Å². The van der Waals surface area contributed by atoms with Crippen molar-refractivity contribution in [2.45, 2.75) is 0 Å². The molecule has 0 aliphatic carbocycles. The molecule has 0 radical (unpaired) electrons. The Kier molecular flexibility index (Phi) is 6.26. The van der Waals surface area contributed by atoms with E-state index < -0.39 is 16.5 Å². The number of aromatic amines is 1. The number of rotatable bonds is 7. The Hall–Kier alpha value is -5.92. The molecule has 0 fully saturated rings. The van der Waals surface area contributed by atoms with Crippen LogP contribution in [-0.4, -0.2) is 42.6 Å². The maximum Gasteiger partial charge on any atom is 0.332 e. The number of nitro benzene ring substituents is 1. The van der Waals surface area contributed by atoms with E-state index in [-0.39, 0.29) is 51.1 Å². The van der Waals surface area contributed by atoms with Crippen LogP contribution in [0.3, 0.4) is 0 Å². The third-order valence-electron chi connectivity index (χ3n) is 5.65. The van der Waals surface area contributed by atoms with Crippen LogP contribution >= 0.6 is 0 Å². The van der Waals surface area contributed by atoms with Crippen LogP contribution in [0.15, 0.2) is 81.8 Å². The lowest BCUT2D eigenvalue weighted by atomic mass is 10.1. The molecule has 0 spiro atoms. The quantitative estimate of drug-likeness (QED) is 0.161. The number of hydrogen-bond donors (Lipinski definition) is 3. The largest absolute Gasteiger partial charge is 0.504 e. The number of carbonyl (C=O) groups excluding carboxylic acids is 1. The number of nitrogens with two attached hydrogens (primary N) is 1. The minimum atomic E-state index is -0.925. The molecule has 0 bridgehead atoms. The number of primary amides is 1. The Morgan fingerprint density at radius 2 is 1.77 bits per heavy atom. The van der Waals surface area contributed by atoms with Gasteiger partial charge >= 0.3 is 5.69 Å². The second-order valence-corrected chi connectivity index (χ2v) is 8.08. The first-order chi connectivity index (χ1) is 18.8. The summed E-state index contributed by atoms with van der Waals surface area (Å²) in [7, 11) is 1.33. The molecule has 0 unspecified atom stereocenters. The number of para-hydroxylation sites is 1. The van der Waals surface area contributed by atoms with Gasteiger partial charge in [0.1, 0.15) is 5.52 Å². The van der Waals surface area contributed by atoms with E-state index in [1.165, 1.54) is 48.1 Å². The first kappa shape index (κ1) is 24.8. The van der Waals surface area contributed by atoms with Crippen molar-refractivity contribution >= 4 is 34.1 Å². The second kappa shape index (κ2) is 9.85. The first-order valence-electron chi connectivity index (χ1n) is 11.2. The van der Waals surface area contributed by atoms with Crippen molar-refractivity contribution < 1.29 is 19.6 Å². The van der Waals surface area contributed by atoms with Gasteiger partial charge in [0.05, 0.1) is 34.7 Å². The van der Waals surface area contributed by atoms with Gasteiger partial charge in [-0.1, -0.05) is 18.2 Å². The van der Waals surface area contributed by atoms with E-state index in [1.54, 1.807) is 30.3 Å². The summed E-state index contributed by atoms with van der Waals surface area (Å²) >= 11 is 0. The lowest BCUT2D eigenvalue weighted by Crippen LogP contribution is -2.15. The Morgan fingerprint density at radius 1 is 1.08 bits per heavy atom. The van der Waals surface area contributed by atoms with Gasteiger partial charge in [0.25, 0.3) is 11.6 Å². The maximum absolute atomic E-state index is 12.8. The SMILES string of the molecule is COc1cc(N=Nc2ccc([N+](=O)[O-])cc2)cc(-c2nc(C(N)=O)c3[nH]c(=O)n(-c4ccccc4)c3n2)c1O. The molecule has 4 N–H and O–H groups in total. The third-order valence-corrected chi connectivity index (χ3v) is 5.65. The van der Waals surface area contributed by atoms with Crippen molar-refractivity contribution in [3.8, 4) is 28.6 Å². The molecule has 0 saturated heterocycles. The van der Waals surface area contributed by atoms with Crippen LogP contribution in [0.1, 0.15) is 10.5 Å². The molecule has 0 atom stereocenters. The summed E-state index contributed by atoms with van der Waals surface area (Å²) in [6.45, 7) is 0. The van der Waals surface area contributed by atoms with E-state index in [0.717, 1.165) is 0 Å². The number of methoxy groups -OCH3 is 1. The summed E-state index contributed by atoms with van der Waals surface area (Å²) in [6, 6.07) is 16.8. The fourth-order valence-corrected chi connectivity index (χ4v) is 3.83. The number of nitrogens with one attached hydrogen (secondary N) is 1. The molecule has 39 heavy (non-hydrogen) atoms. The molecule has 0 aliphatic heterocycles. The zero-order valence-corrected chi connectivity index (χ0v) is 20.1. The molecule has 1 amide bonds. The number of non-ortho nitro benzene ring substituents is 1. The standard InChI is InChI=1S/C25H18N8O6/c1-39-18-12-14(31-30-13-7-9-16(10-8-13)33(37)38)11-17(21(18)34)23-27-19(22(26)35)20-24(29-23)32(25(36)28-20)15-5-3-2-4-6-15/h2-12,34H,1H3,(H2,26,35)(H,28,36). The van der Waals surface area contributed by atoms with E-state index in [1.807, 2.05) is 0 Å². The number of imidazole rings is 1. The van der Waals surface area contributed by atoms with Gasteiger partial charge < -0.3 is 20.6 Å². The van der Waals surface area contributed by atoms with Crippen LogP contribution in [0.5, 0.6) is 11.5 Å². The van der Waals surface area contributed by atoms with Crippen molar-refractivity contribution in [3.63, 3.8) is 0 Å². The first-order valence-corrected chi connectivity index (χ1v) is 11.2. The van der Waals surface area contributed by atoms with Crippen molar-refractivity contribution in [2.75, 3.05) is 7.11 Å². The summed E-state index contributed by atoms with van der Waals surface area (Å²) < 4.78 is 6.52. The third kappa shape index (κ3) is 4.64. The van der Waals surface area contributed by atoms with Gasteiger partial charge in [-0.2, -0.15) is 10.2 Å². The topological polar surface area (TPSA) is 204 Å². The van der Waals surface area contributed by atoms with Gasteiger partial charge in [0, 0.05) is 18.2 Å². The minimum absolute atomic E-state index is 0.00369. The highest BCUT2D eigenvalue weighted by Gasteiger charge is 2.23. The predicted octanol–water partition coefficient (Wildman–Crippen LogP) is 3.91. The number of ether oxygens (including phenoxy) is 1. The van der Waals surface area contributed by atoms with Crippen molar-refractivity contribution in [1.82, 2.24) is 19.5 Å². The highest BCUT2D eigenvalue weighted by Crippen LogP contribution is 2.40. The Morgan fingerprint density at radius 3 is 2.41 bits per heavy atom. The number of aromatic nitrogens is 4. The molecule has 0 saturated carbocycles. The lowest BCUT2D eigenvalue weighted by molar-refractivity contribution is -0.384. The smallest absolute Gasteiger partial charge is 0.332 e. The van der Waals surface area contributed by atoms with Gasteiger partial charge in [-0.25, -0.2) is 19.3 Å². The van der Waals surface area contributed by atoms with Crippen LogP contribution in [-0.2, 0) is 0 Å². The number of phenolic OH excluding ortho intramolecular Hbond substituents is 1. The molecule has 2 aromatic heterocycles. The number of benzene rings is 3. The number of carbonyl (C=O) groups is 1. The number of hydrogen-bond acceptors (Lipinski definition) is 10. The molecule has 5 aromatic rings. The van der Waals surface area contributed by atoms with Gasteiger partial charge in [-0.15, -0.1) is 0 Å². The van der Waals surface area contributed by atoms with Crippen LogP contribution < -0.4 is 16.2 Å². The van der Waals surface area contributed by atoms with Crippen molar-refractivity contribution in [3.05, 3.63) is 93.0 Å². The summed E-state index contributed by atoms with van der Waals surface area (Å²) in [5.41, 5.74) is 5.75. The number of nitro groups is 1. The molecule has 14 nitrogen and oxygen atoms in total. The molecule has 0 aliphatic rings. The van der Waals surface area contributed by atoms with Gasteiger partial charge in [-0.05, 0) is 30.3 Å². The lowest BCUT2D eigenvalue weighted by Gasteiger charge is -2.11. The van der Waals surface area contributed by atoms with Crippen LogP contribution in [0.4, 0.5) is 17.1 Å². The minimum Gasteiger partial charge on any atom is -0.504 e. The summed E-state index contributed by atoms with van der Waals surface area (Å²) in [4.78, 5) is 46.7. The molecule has 2 heterocycles. The highest BCUT2D eigenvalue weighted by atomic mass is 16.6. The molecule has 5 rings (SSSR count). The number of amides is 1. The van der Waals surface area contributed by atoms with E-state index in [2.05, 4.69) is 25.2 Å². The molecule has 14 heteroatoms. The average Bonchev–Trinajstić information content (AvgIpc) is 3.27. The van der Waals surface area contributed by atoms with E-state index in [0.29, 0.717) is 11.4 Å². The van der Waals surface area contributed by atoms with Crippen molar-refractivity contribution in [1.29, 1.82) is 0 Å².